The summed E-state index contributed by atoms with van der Waals surface area (Å²) in [7, 11) is 0. The molecule has 18 heavy (non-hydrogen) atoms. The highest BCUT2D eigenvalue weighted by Crippen LogP contribution is 2.29. The lowest BCUT2D eigenvalue weighted by molar-refractivity contribution is 0.601. The molecule has 0 aliphatic heterocycles. The lowest BCUT2D eigenvalue weighted by Gasteiger charge is -2.30. The standard InChI is InChI=1S/C15H23N3/c16-10-11-18(13-5-1-2-6-13)15-9-8-12-4-3-7-14(12)17-15/h8-9,13H,1-7,10-11,16H2. The number of anilines is 1. The van der Waals surface area contributed by atoms with Gasteiger partial charge in [0.25, 0.3) is 0 Å². The third kappa shape index (κ3) is 2.24. The zero-order valence-electron chi connectivity index (χ0n) is 11.1. The van der Waals surface area contributed by atoms with Crippen LogP contribution in [0.2, 0.25) is 0 Å². The number of rotatable bonds is 4. The number of hydrogen-bond acceptors (Lipinski definition) is 3. The Kier molecular flexibility index (Phi) is 3.50. The van der Waals surface area contributed by atoms with Crippen molar-refractivity contribution in [2.24, 2.45) is 5.73 Å². The molecule has 3 heteroatoms. The molecule has 0 saturated heterocycles. The van der Waals surface area contributed by atoms with E-state index in [1.54, 1.807) is 0 Å². The molecule has 0 aromatic carbocycles. The number of nitrogens with zero attached hydrogens (tertiary/aromatic N) is 2. The molecule has 98 valence electrons. The van der Waals surface area contributed by atoms with Gasteiger partial charge in [0.05, 0.1) is 0 Å². The van der Waals surface area contributed by atoms with E-state index >= 15 is 0 Å². The Morgan fingerprint density at radius 3 is 2.78 bits per heavy atom. The first kappa shape index (κ1) is 12.0. The number of fused-ring (bicyclic) bond motifs is 1. The summed E-state index contributed by atoms with van der Waals surface area (Å²) in [5, 5.41) is 0. The third-order valence-corrected chi connectivity index (χ3v) is 4.34. The van der Waals surface area contributed by atoms with Gasteiger partial charge in [0.2, 0.25) is 0 Å². The lowest BCUT2D eigenvalue weighted by atomic mass is 10.2. The van der Waals surface area contributed by atoms with Crippen molar-refractivity contribution in [2.45, 2.75) is 51.0 Å². The topological polar surface area (TPSA) is 42.1 Å². The lowest BCUT2D eigenvalue weighted by Crippen LogP contribution is -2.38. The van der Waals surface area contributed by atoms with Crippen LogP contribution in [0.3, 0.4) is 0 Å². The van der Waals surface area contributed by atoms with Crippen molar-refractivity contribution in [2.75, 3.05) is 18.0 Å². The molecule has 0 bridgehead atoms. The van der Waals surface area contributed by atoms with Gasteiger partial charge in [-0.1, -0.05) is 18.9 Å². The highest BCUT2D eigenvalue weighted by Gasteiger charge is 2.24. The summed E-state index contributed by atoms with van der Waals surface area (Å²) in [5.74, 6) is 1.16. The van der Waals surface area contributed by atoms with E-state index in [4.69, 9.17) is 10.7 Å². The molecule has 0 atom stereocenters. The van der Waals surface area contributed by atoms with Gasteiger partial charge in [0, 0.05) is 24.8 Å². The van der Waals surface area contributed by atoms with E-state index in [0.29, 0.717) is 6.04 Å². The van der Waals surface area contributed by atoms with Crippen LogP contribution in [-0.2, 0) is 12.8 Å². The second kappa shape index (κ2) is 5.27. The Morgan fingerprint density at radius 2 is 2.00 bits per heavy atom. The van der Waals surface area contributed by atoms with Crippen LogP contribution in [0.15, 0.2) is 12.1 Å². The van der Waals surface area contributed by atoms with Gasteiger partial charge in [-0.05, 0) is 43.7 Å². The zero-order chi connectivity index (χ0) is 12.4. The molecule has 1 saturated carbocycles. The number of nitrogens with two attached hydrogens (primary N) is 1. The molecule has 1 aromatic rings. The first-order valence-corrected chi connectivity index (χ1v) is 7.34. The fourth-order valence-electron chi connectivity index (χ4n) is 3.41. The second-order valence-electron chi connectivity index (χ2n) is 5.55. The molecule has 2 aliphatic rings. The molecule has 3 nitrogen and oxygen atoms in total. The Labute approximate surface area is 109 Å². The first-order chi connectivity index (χ1) is 8.88. The number of aromatic nitrogens is 1. The number of hydrogen-bond donors (Lipinski definition) is 1. The molecular formula is C15H23N3. The van der Waals surface area contributed by atoms with Crippen molar-refractivity contribution in [1.29, 1.82) is 0 Å². The minimum absolute atomic E-state index is 0.667. The Balaban J connectivity index is 1.84. The largest absolute Gasteiger partial charge is 0.352 e. The quantitative estimate of drug-likeness (QED) is 0.885. The van der Waals surface area contributed by atoms with E-state index in [2.05, 4.69) is 17.0 Å². The summed E-state index contributed by atoms with van der Waals surface area (Å²) in [5.41, 5.74) is 8.56. The van der Waals surface area contributed by atoms with Crippen molar-refractivity contribution in [3.8, 4) is 0 Å². The van der Waals surface area contributed by atoms with Gasteiger partial charge in [-0.25, -0.2) is 4.98 Å². The van der Waals surface area contributed by atoms with Crippen LogP contribution in [0.25, 0.3) is 0 Å². The molecule has 0 unspecified atom stereocenters. The zero-order valence-corrected chi connectivity index (χ0v) is 11.1. The summed E-state index contributed by atoms with van der Waals surface area (Å²) in [6.45, 7) is 1.66. The normalized spacial score (nSPS) is 19.2. The van der Waals surface area contributed by atoms with Crippen molar-refractivity contribution in [1.82, 2.24) is 4.98 Å². The van der Waals surface area contributed by atoms with E-state index in [-0.39, 0.29) is 0 Å². The van der Waals surface area contributed by atoms with Gasteiger partial charge in [-0.15, -0.1) is 0 Å². The SMILES string of the molecule is NCCN(c1ccc2c(n1)CCC2)C1CCCC1. The van der Waals surface area contributed by atoms with Gasteiger partial charge in [-0.2, -0.15) is 0 Å². The molecule has 2 aliphatic carbocycles. The van der Waals surface area contributed by atoms with Gasteiger partial charge < -0.3 is 10.6 Å². The highest BCUT2D eigenvalue weighted by molar-refractivity contribution is 5.44. The molecule has 3 rings (SSSR count). The molecular weight excluding hydrogens is 222 g/mol. The predicted octanol–water partition coefficient (Wildman–Crippen LogP) is 2.28. The van der Waals surface area contributed by atoms with Crippen LogP contribution in [-0.4, -0.2) is 24.1 Å². The molecule has 1 heterocycles. The smallest absolute Gasteiger partial charge is 0.129 e. The summed E-state index contributed by atoms with van der Waals surface area (Å²) >= 11 is 0. The van der Waals surface area contributed by atoms with E-state index in [1.165, 1.54) is 49.8 Å². The van der Waals surface area contributed by atoms with Crippen LogP contribution in [0.5, 0.6) is 0 Å². The minimum atomic E-state index is 0.667. The van der Waals surface area contributed by atoms with Crippen LogP contribution in [0.1, 0.15) is 43.4 Å². The summed E-state index contributed by atoms with van der Waals surface area (Å²) in [6.07, 6.45) is 8.96. The van der Waals surface area contributed by atoms with Crippen LogP contribution in [0, 0.1) is 0 Å². The van der Waals surface area contributed by atoms with Crippen molar-refractivity contribution >= 4 is 5.82 Å². The summed E-state index contributed by atoms with van der Waals surface area (Å²) < 4.78 is 0. The van der Waals surface area contributed by atoms with E-state index in [1.807, 2.05) is 0 Å². The number of aryl methyl sites for hydroxylation is 2. The van der Waals surface area contributed by atoms with Gasteiger partial charge in [-0.3, -0.25) is 0 Å². The first-order valence-electron chi connectivity index (χ1n) is 7.34. The van der Waals surface area contributed by atoms with Crippen molar-refractivity contribution in [3.63, 3.8) is 0 Å². The fraction of sp³-hybridized carbons (Fsp3) is 0.667. The average Bonchev–Trinajstić information content (AvgIpc) is 3.05. The molecule has 0 spiro atoms. The van der Waals surface area contributed by atoms with E-state index in [0.717, 1.165) is 25.3 Å². The summed E-state index contributed by atoms with van der Waals surface area (Å²) in [4.78, 5) is 7.34. The van der Waals surface area contributed by atoms with Crippen LogP contribution < -0.4 is 10.6 Å². The monoisotopic (exact) mass is 245 g/mol. The second-order valence-corrected chi connectivity index (χ2v) is 5.55. The Hall–Kier alpha value is -1.09. The number of pyridine rings is 1. The predicted molar refractivity (Wildman–Crippen MR) is 74.9 cm³/mol. The maximum Gasteiger partial charge on any atom is 0.129 e. The summed E-state index contributed by atoms with van der Waals surface area (Å²) in [6, 6.07) is 5.15. The third-order valence-electron chi connectivity index (χ3n) is 4.34. The van der Waals surface area contributed by atoms with E-state index in [9.17, 15) is 0 Å². The fourth-order valence-corrected chi connectivity index (χ4v) is 3.41. The van der Waals surface area contributed by atoms with Gasteiger partial charge >= 0.3 is 0 Å². The average molecular weight is 245 g/mol. The Morgan fingerprint density at radius 1 is 1.17 bits per heavy atom. The molecule has 1 aromatic heterocycles. The minimum Gasteiger partial charge on any atom is -0.352 e. The molecule has 2 N–H and O–H groups in total. The Bertz CT molecular complexity index is 410. The maximum atomic E-state index is 5.78. The van der Waals surface area contributed by atoms with Crippen molar-refractivity contribution < 1.29 is 0 Å². The maximum absolute atomic E-state index is 5.78. The molecule has 0 amide bonds. The van der Waals surface area contributed by atoms with Crippen LogP contribution in [0.4, 0.5) is 5.82 Å². The highest BCUT2D eigenvalue weighted by atomic mass is 15.2. The van der Waals surface area contributed by atoms with Gasteiger partial charge in [0.15, 0.2) is 0 Å². The molecule has 1 fully saturated rings. The molecule has 0 radical (unpaired) electrons. The van der Waals surface area contributed by atoms with E-state index < -0.39 is 0 Å². The van der Waals surface area contributed by atoms with Gasteiger partial charge in [0.1, 0.15) is 5.82 Å². The van der Waals surface area contributed by atoms with Crippen LogP contribution >= 0.6 is 0 Å². The van der Waals surface area contributed by atoms with Crippen molar-refractivity contribution in [3.05, 3.63) is 23.4 Å².